The van der Waals surface area contributed by atoms with Crippen molar-refractivity contribution in [2.45, 2.75) is 111 Å². The van der Waals surface area contributed by atoms with Crippen LogP contribution in [0.25, 0.3) is 11.1 Å². The lowest BCUT2D eigenvalue weighted by Gasteiger charge is -2.23. The van der Waals surface area contributed by atoms with Gasteiger partial charge in [0.1, 0.15) is 17.4 Å². The van der Waals surface area contributed by atoms with Crippen LogP contribution in [-0.2, 0) is 36.8 Å². The number of aryl methyl sites for hydroxylation is 1. The summed E-state index contributed by atoms with van der Waals surface area (Å²) in [5.41, 5.74) is 7.19. The highest BCUT2D eigenvalue weighted by molar-refractivity contribution is 6.07. The third-order valence-corrected chi connectivity index (χ3v) is 15.4. The highest BCUT2D eigenvalue weighted by Crippen LogP contribution is 2.42. The number of unbranched alkanes of at least 4 members (excludes halogenated alkanes) is 1. The molecule has 0 spiro atoms. The second kappa shape index (κ2) is 30.7. The number of fused-ring (bicyclic) bond motifs is 4. The van der Waals surface area contributed by atoms with Gasteiger partial charge in [0.25, 0.3) is 11.8 Å². The third kappa shape index (κ3) is 16.4. The molecule has 0 unspecified atom stereocenters. The van der Waals surface area contributed by atoms with E-state index in [9.17, 15) is 33.6 Å². The topological polar surface area (TPSA) is 259 Å². The van der Waals surface area contributed by atoms with Crippen LogP contribution >= 0.6 is 0 Å². The zero-order chi connectivity index (χ0) is 64.6. The monoisotopic (exact) mass is 1220 g/mol. The number of nitrogens with one attached hydrogen (secondary N) is 3. The Bertz CT molecular complexity index is 3630. The molecule has 4 atom stereocenters. The van der Waals surface area contributed by atoms with Gasteiger partial charge in [0.2, 0.25) is 17.7 Å². The Morgan fingerprint density at radius 2 is 1.27 bits per heavy atom. The van der Waals surface area contributed by atoms with Crippen molar-refractivity contribution < 1.29 is 57.2 Å². The molecule has 0 bridgehead atoms. The largest absolute Gasteiger partial charge is 0.497 e. The summed E-state index contributed by atoms with van der Waals surface area (Å²) < 4.78 is 27.6. The van der Waals surface area contributed by atoms with E-state index < -0.39 is 17.9 Å². The van der Waals surface area contributed by atoms with E-state index in [4.69, 9.17) is 23.7 Å². The number of methoxy groups -OCH3 is 3. The molecular formula is C69H77N9O12. The van der Waals surface area contributed by atoms with Crippen LogP contribution in [0.2, 0.25) is 0 Å². The number of aliphatic imine (C=N–C) groups is 2. The number of hydrogen-bond acceptors (Lipinski definition) is 16. The van der Waals surface area contributed by atoms with Crippen LogP contribution in [0.3, 0.4) is 0 Å². The first kappa shape index (κ1) is 65.9. The van der Waals surface area contributed by atoms with E-state index in [2.05, 4.69) is 49.1 Å². The standard InChI is InChI=1S/C47H55N7O8.C22H22N2O4/c1-8-19-62-40-25-37-36(24-39(40)61-7)47(60)54-27-31(21-34(54)26-48-37)30-15-17-32(18-16-30)50-46(59)29(6)20-38(56)45(28(4)5)53-44(58)14-12-11-13-33-22-41(52-43(57)10-3)51-42(49-33)23-35(55)9-2;1-4-28-21-11-19-18(10-20(21)27-3)22(25)24-13-15(9-16(24)12-23-19)14-5-7-17(26-2)8-6-14/h9-10,15-18,22,24-29,34,45H,2-3,8,11-14,19-21,23H2,1,4-7H3,(H,50,59)(H,53,58)(H,49,51,52,57);5-8,10-13,16H,4,9H2,1-3H3/t29-,34+,45+;16-/m10/s1. The molecule has 1 aromatic heterocycles. The van der Waals surface area contributed by atoms with Crippen molar-refractivity contribution in [2.75, 3.05) is 45.2 Å². The molecule has 4 aromatic carbocycles. The van der Waals surface area contributed by atoms with E-state index in [-0.39, 0.29) is 84.1 Å². The first-order chi connectivity index (χ1) is 43.4. The van der Waals surface area contributed by atoms with Crippen molar-refractivity contribution in [3.8, 4) is 28.7 Å². The summed E-state index contributed by atoms with van der Waals surface area (Å²) in [6, 6.07) is 22.5. The second-order valence-corrected chi connectivity index (χ2v) is 22.2. The molecule has 3 N–H and O–H groups in total. The fourth-order valence-electron chi connectivity index (χ4n) is 10.6. The molecular weight excluding hydrogens is 1150 g/mol. The minimum Gasteiger partial charge on any atom is -0.497 e. The van der Waals surface area contributed by atoms with E-state index >= 15 is 0 Å². The first-order valence-electron chi connectivity index (χ1n) is 30.1. The van der Waals surface area contributed by atoms with Gasteiger partial charge in [-0.05, 0) is 109 Å². The SMILES string of the molecule is C=CC(=O)Cc1nc(CCCCC(=O)N[C@H](C(=O)C[C@@H](C)C(=O)Nc2ccc(C3=CN4C(=O)c5cc(OC)c(OCCC)cc5N=C[C@@H]4C3)cc2)C(C)C)cc(NC(=O)C=C)n1.CCOc1cc2c(cc1OC)C(=O)N1C=C(c3ccc(OC)cc3)C[C@H]1C=N2. The van der Waals surface area contributed by atoms with Gasteiger partial charge in [0.05, 0.1) is 81.6 Å². The summed E-state index contributed by atoms with van der Waals surface area (Å²) in [4.78, 5) is 112. The molecule has 4 aliphatic rings. The Morgan fingerprint density at radius 3 is 1.79 bits per heavy atom. The van der Waals surface area contributed by atoms with Crippen molar-refractivity contribution in [1.29, 1.82) is 0 Å². The van der Waals surface area contributed by atoms with E-state index in [0.717, 1.165) is 40.5 Å². The van der Waals surface area contributed by atoms with E-state index in [1.807, 2.05) is 82.7 Å². The number of carbonyl (C=O) groups excluding carboxylic acids is 7. The predicted molar refractivity (Wildman–Crippen MR) is 345 cm³/mol. The van der Waals surface area contributed by atoms with Crippen LogP contribution in [0, 0.1) is 11.8 Å². The van der Waals surface area contributed by atoms with E-state index in [1.165, 1.54) is 13.2 Å². The van der Waals surface area contributed by atoms with Gasteiger partial charge in [-0.15, -0.1) is 0 Å². The summed E-state index contributed by atoms with van der Waals surface area (Å²) in [6.45, 7) is 17.2. The van der Waals surface area contributed by atoms with Crippen molar-refractivity contribution in [2.24, 2.45) is 21.8 Å². The van der Waals surface area contributed by atoms with Crippen molar-refractivity contribution in [3.05, 3.63) is 150 Å². The molecule has 5 heterocycles. The first-order valence-corrected chi connectivity index (χ1v) is 30.1. The van der Waals surface area contributed by atoms with Crippen LogP contribution < -0.4 is 39.6 Å². The van der Waals surface area contributed by atoms with Crippen molar-refractivity contribution in [1.82, 2.24) is 25.1 Å². The number of ether oxygens (including phenoxy) is 5. The zero-order valence-corrected chi connectivity index (χ0v) is 52.1. The minimum absolute atomic E-state index is 0.0655. The molecule has 5 aromatic rings. The minimum atomic E-state index is -0.770. The molecule has 21 heteroatoms. The number of aromatic nitrogens is 2. The maximum atomic E-state index is 13.7. The second-order valence-electron chi connectivity index (χ2n) is 22.2. The quantitative estimate of drug-likeness (QED) is 0.0326. The number of nitrogens with zero attached hydrogens (tertiary/aromatic N) is 6. The molecule has 0 fully saturated rings. The number of hydrogen-bond donors (Lipinski definition) is 3. The van der Waals surface area contributed by atoms with E-state index in [1.54, 1.807) is 79.6 Å². The third-order valence-electron chi connectivity index (χ3n) is 15.4. The molecule has 0 saturated heterocycles. The maximum Gasteiger partial charge on any atom is 0.260 e. The molecule has 21 nitrogen and oxygen atoms in total. The summed E-state index contributed by atoms with van der Waals surface area (Å²) >= 11 is 0. The average molecular weight is 1220 g/mol. The summed E-state index contributed by atoms with van der Waals surface area (Å²) in [5, 5.41) is 8.35. The smallest absolute Gasteiger partial charge is 0.260 e. The van der Waals surface area contributed by atoms with Gasteiger partial charge in [-0.25, -0.2) is 9.97 Å². The highest BCUT2D eigenvalue weighted by Gasteiger charge is 2.36. The van der Waals surface area contributed by atoms with Gasteiger partial charge in [-0.3, -0.25) is 43.5 Å². The fourth-order valence-corrected chi connectivity index (χ4v) is 10.6. The van der Waals surface area contributed by atoms with E-state index in [0.29, 0.717) is 102 Å². The van der Waals surface area contributed by atoms with Gasteiger partial charge in [0.15, 0.2) is 34.6 Å². The number of ketones is 2. The van der Waals surface area contributed by atoms with Gasteiger partial charge >= 0.3 is 0 Å². The summed E-state index contributed by atoms with van der Waals surface area (Å²) in [5.74, 6) is 0.674. The van der Waals surface area contributed by atoms with Crippen molar-refractivity contribution in [3.63, 3.8) is 0 Å². The Morgan fingerprint density at radius 1 is 0.689 bits per heavy atom. The average Bonchev–Trinajstić information content (AvgIpc) is 1.71. The highest BCUT2D eigenvalue weighted by atomic mass is 16.5. The normalized spacial score (nSPS) is 15.8. The zero-order valence-electron chi connectivity index (χ0n) is 52.1. The Hall–Kier alpha value is -10.1. The number of Topliss-reactive ketones (excluding diaryl/α,β-unsaturated/α-hetero) is 1. The molecule has 0 aliphatic carbocycles. The lowest BCUT2D eigenvalue weighted by atomic mass is 9.92. The van der Waals surface area contributed by atoms with Gasteiger partial charge in [-0.2, -0.15) is 0 Å². The Kier molecular flexibility index (Phi) is 22.5. The van der Waals surface area contributed by atoms with Gasteiger partial charge in [0, 0.05) is 86.0 Å². The molecule has 470 valence electrons. The van der Waals surface area contributed by atoms with Gasteiger partial charge < -0.3 is 49.4 Å². The lowest BCUT2D eigenvalue weighted by Crippen LogP contribution is -2.45. The van der Waals surface area contributed by atoms with Crippen LogP contribution in [0.4, 0.5) is 22.9 Å². The van der Waals surface area contributed by atoms with Crippen molar-refractivity contribution >= 4 is 87.6 Å². The van der Waals surface area contributed by atoms with Crippen LogP contribution in [-0.4, -0.2) is 126 Å². The Balaban J connectivity index is 0.000000308. The summed E-state index contributed by atoms with van der Waals surface area (Å²) in [7, 11) is 4.75. The molecule has 5 amide bonds. The summed E-state index contributed by atoms with van der Waals surface area (Å²) in [6.07, 6.45) is 13.3. The molecule has 0 radical (unpaired) electrons. The van der Waals surface area contributed by atoms with Crippen LogP contribution in [0.1, 0.15) is 123 Å². The van der Waals surface area contributed by atoms with Crippen LogP contribution in [0.15, 0.2) is 127 Å². The molecule has 4 aliphatic heterocycles. The number of carbonyl (C=O) groups is 7. The predicted octanol–water partition coefficient (Wildman–Crippen LogP) is 10.8. The Labute approximate surface area is 524 Å². The van der Waals surface area contributed by atoms with Crippen LogP contribution in [0.5, 0.6) is 28.7 Å². The number of benzene rings is 4. The molecule has 9 rings (SSSR count). The number of amides is 5. The lowest BCUT2D eigenvalue weighted by molar-refractivity contribution is -0.130. The molecule has 90 heavy (non-hydrogen) atoms. The maximum absolute atomic E-state index is 13.7. The fraction of sp³-hybridized carbons (Fsp3) is 0.348. The van der Waals surface area contributed by atoms with Gasteiger partial charge in [-0.1, -0.05) is 65.1 Å². The number of rotatable bonds is 27. The number of allylic oxidation sites excluding steroid dienone is 1. The number of anilines is 2. The molecule has 0 saturated carbocycles.